The first kappa shape index (κ1) is 21.2. The van der Waals surface area contributed by atoms with Gasteiger partial charge in [0.2, 0.25) is 0 Å². The number of halogens is 4. The van der Waals surface area contributed by atoms with Gasteiger partial charge in [0.05, 0.1) is 23.7 Å². The van der Waals surface area contributed by atoms with E-state index in [4.69, 9.17) is 4.74 Å². The van der Waals surface area contributed by atoms with Gasteiger partial charge in [-0.05, 0) is 31.4 Å². The average Bonchev–Trinajstić information content (AvgIpc) is 2.64. The third kappa shape index (κ3) is 5.43. The molecule has 0 radical (unpaired) electrons. The minimum absolute atomic E-state index is 0.170. The normalized spacial score (nSPS) is 15.7. The van der Waals surface area contributed by atoms with Crippen LogP contribution in [0.15, 0.2) is 18.2 Å². The molecule has 0 spiro atoms. The maximum absolute atomic E-state index is 14.1. The van der Waals surface area contributed by atoms with Crippen molar-refractivity contribution in [3.8, 4) is 0 Å². The minimum Gasteiger partial charge on any atom is -0.465 e. The Morgan fingerprint density at radius 2 is 1.85 bits per heavy atom. The molecule has 1 aromatic carbocycles. The molecular formula is C19H23F4NO3. The van der Waals surface area contributed by atoms with Gasteiger partial charge in [-0.25, -0.2) is 4.39 Å². The van der Waals surface area contributed by atoms with Gasteiger partial charge in [-0.3, -0.25) is 9.59 Å². The number of alkyl halides is 3. The molecule has 0 atom stereocenters. The fourth-order valence-electron chi connectivity index (χ4n) is 3.05. The van der Waals surface area contributed by atoms with Crippen molar-refractivity contribution in [2.75, 3.05) is 19.7 Å². The first-order valence-corrected chi connectivity index (χ1v) is 9.07. The molecule has 0 aliphatic carbocycles. The molecule has 0 saturated carbocycles. The predicted octanol–water partition coefficient (Wildman–Crippen LogP) is 4.43. The standard InChI is InChI=1S/C19H23F4NO3/c1-2-3-4-12-27-18(26)13-8-10-24(11-9-13)17(25)14-6-5-7-15(16(14)20)19(21,22)23/h5-7,13H,2-4,8-12H2,1H3. The average molecular weight is 389 g/mol. The van der Waals surface area contributed by atoms with Crippen molar-refractivity contribution in [1.82, 2.24) is 4.90 Å². The minimum atomic E-state index is -4.87. The Kier molecular flexibility index (Phi) is 7.21. The number of piperidine rings is 1. The van der Waals surface area contributed by atoms with E-state index in [1.165, 1.54) is 4.90 Å². The summed E-state index contributed by atoms with van der Waals surface area (Å²) in [7, 11) is 0. The molecule has 0 aromatic heterocycles. The highest BCUT2D eigenvalue weighted by Crippen LogP contribution is 2.33. The third-order valence-electron chi connectivity index (χ3n) is 4.64. The van der Waals surface area contributed by atoms with Crippen molar-refractivity contribution < 1.29 is 31.9 Å². The van der Waals surface area contributed by atoms with Crippen LogP contribution in [0.2, 0.25) is 0 Å². The molecule has 150 valence electrons. The van der Waals surface area contributed by atoms with E-state index in [0.717, 1.165) is 31.4 Å². The SMILES string of the molecule is CCCCCOC(=O)C1CCN(C(=O)c2cccc(C(F)(F)F)c2F)CC1. The summed E-state index contributed by atoms with van der Waals surface area (Å²) >= 11 is 0. The highest BCUT2D eigenvalue weighted by atomic mass is 19.4. The number of nitrogens with zero attached hydrogens (tertiary/aromatic N) is 1. The Morgan fingerprint density at radius 3 is 2.44 bits per heavy atom. The number of rotatable bonds is 6. The number of carbonyl (C=O) groups is 2. The summed E-state index contributed by atoms with van der Waals surface area (Å²) in [5.41, 5.74) is -2.07. The van der Waals surface area contributed by atoms with Crippen LogP contribution in [0.3, 0.4) is 0 Å². The Hall–Kier alpha value is -2.12. The van der Waals surface area contributed by atoms with Gasteiger partial charge in [0, 0.05) is 13.1 Å². The summed E-state index contributed by atoms with van der Waals surface area (Å²) < 4.78 is 57.8. The van der Waals surface area contributed by atoms with Crippen LogP contribution in [-0.4, -0.2) is 36.5 Å². The van der Waals surface area contributed by atoms with E-state index in [0.29, 0.717) is 25.5 Å². The van der Waals surface area contributed by atoms with Gasteiger partial charge in [-0.1, -0.05) is 25.8 Å². The van der Waals surface area contributed by atoms with Gasteiger partial charge in [0.25, 0.3) is 5.91 Å². The smallest absolute Gasteiger partial charge is 0.419 e. The number of esters is 1. The molecule has 8 heteroatoms. The van der Waals surface area contributed by atoms with Crippen LogP contribution >= 0.6 is 0 Å². The number of hydrogen-bond acceptors (Lipinski definition) is 3. The molecule has 1 aromatic rings. The zero-order valence-electron chi connectivity index (χ0n) is 15.2. The summed E-state index contributed by atoms with van der Waals surface area (Å²) in [6.07, 6.45) is -1.38. The number of hydrogen-bond donors (Lipinski definition) is 0. The molecule has 1 amide bonds. The van der Waals surface area contributed by atoms with Crippen LogP contribution in [0.1, 0.15) is 54.9 Å². The van der Waals surface area contributed by atoms with E-state index in [-0.39, 0.29) is 25.0 Å². The van der Waals surface area contributed by atoms with E-state index >= 15 is 0 Å². The quantitative estimate of drug-likeness (QED) is 0.411. The second-order valence-corrected chi connectivity index (χ2v) is 6.61. The van der Waals surface area contributed by atoms with Crippen LogP contribution < -0.4 is 0 Å². The maximum atomic E-state index is 14.1. The second-order valence-electron chi connectivity index (χ2n) is 6.61. The van der Waals surface area contributed by atoms with Gasteiger partial charge < -0.3 is 9.64 Å². The second kappa shape index (κ2) is 9.19. The van der Waals surface area contributed by atoms with Gasteiger partial charge >= 0.3 is 12.1 Å². The van der Waals surface area contributed by atoms with Gasteiger partial charge in [-0.2, -0.15) is 13.2 Å². The topological polar surface area (TPSA) is 46.6 Å². The fourth-order valence-corrected chi connectivity index (χ4v) is 3.05. The fraction of sp³-hybridized carbons (Fsp3) is 0.579. The molecule has 1 aliphatic rings. The first-order chi connectivity index (χ1) is 12.8. The van der Waals surface area contributed by atoms with Gasteiger partial charge in [0.1, 0.15) is 5.82 Å². The molecule has 2 rings (SSSR count). The van der Waals surface area contributed by atoms with E-state index in [9.17, 15) is 27.2 Å². The van der Waals surface area contributed by atoms with Gasteiger partial charge in [0.15, 0.2) is 0 Å². The zero-order chi connectivity index (χ0) is 20.0. The number of ether oxygens (including phenoxy) is 1. The summed E-state index contributed by atoms with van der Waals surface area (Å²) in [5, 5.41) is 0. The molecule has 0 N–H and O–H groups in total. The van der Waals surface area contributed by atoms with Crippen LogP contribution in [0.25, 0.3) is 0 Å². The Balaban J connectivity index is 1.95. The lowest BCUT2D eigenvalue weighted by molar-refractivity contribution is -0.150. The van der Waals surface area contributed by atoms with Crippen molar-refractivity contribution in [1.29, 1.82) is 0 Å². The number of benzene rings is 1. The van der Waals surface area contributed by atoms with Crippen molar-refractivity contribution in [2.24, 2.45) is 5.92 Å². The number of likely N-dealkylation sites (tertiary alicyclic amines) is 1. The Labute approximate surface area is 155 Å². The molecular weight excluding hydrogens is 366 g/mol. The highest BCUT2D eigenvalue weighted by Gasteiger charge is 2.37. The molecule has 1 aliphatic heterocycles. The van der Waals surface area contributed by atoms with Crippen molar-refractivity contribution in [3.05, 3.63) is 35.1 Å². The summed E-state index contributed by atoms with van der Waals surface area (Å²) in [6, 6.07) is 2.66. The van der Waals surface area contributed by atoms with E-state index in [1.54, 1.807) is 0 Å². The molecule has 0 unspecified atom stereocenters. The van der Waals surface area contributed by atoms with Crippen molar-refractivity contribution in [3.63, 3.8) is 0 Å². The Morgan fingerprint density at radius 1 is 1.19 bits per heavy atom. The molecule has 1 fully saturated rings. The zero-order valence-corrected chi connectivity index (χ0v) is 15.2. The highest BCUT2D eigenvalue weighted by molar-refractivity contribution is 5.95. The first-order valence-electron chi connectivity index (χ1n) is 9.07. The Bertz CT molecular complexity index is 667. The lowest BCUT2D eigenvalue weighted by atomic mass is 9.96. The largest absolute Gasteiger partial charge is 0.465 e. The van der Waals surface area contributed by atoms with Gasteiger partial charge in [-0.15, -0.1) is 0 Å². The molecule has 27 heavy (non-hydrogen) atoms. The number of carbonyl (C=O) groups excluding carboxylic acids is 2. The summed E-state index contributed by atoms with van der Waals surface area (Å²) in [4.78, 5) is 25.7. The van der Waals surface area contributed by atoms with Crippen LogP contribution in [0.4, 0.5) is 17.6 Å². The molecule has 1 heterocycles. The van der Waals surface area contributed by atoms with E-state index in [1.807, 2.05) is 6.92 Å². The number of amides is 1. The van der Waals surface area contributed by atoms with E-state index < -0.39 is 29.0 Å². The summed E-state index contributed by atoms with van der Waals surface area (Å²) in [5.74, 6) is -3.02. The monoisotopic (exact) mass is 389 g/mol. The number of unbranched alkanes of at least 4 members (excludes halogenated alkanes) is 2. The molecule has 1 saturated heterocycles. The van der Waals surface area contributed by atoms with Crippen LogP contribution in [-0.2, 0) is 15.7 Å². The third-order valence-corrected chi connectivity index (χ3v) is 4.64. The summed E-state index contributed by atoms with van der Waals surface area (Å²) in [6.45, 7) is 2.75. The lowest BCUT2D eigenvalue weighted by Crippen LogP contribution is -2.41. The lowest BCUT2D eigenvalue weighted by Gasteiger charge is -2.31. The van der Waals surface area contributed by atoms with E-state index in [2.05, 4.69) is 0 Å². The van der Waals surface area contributed by atoms with Crippen molar-refractivity contribution >= 4 is 11.9 Å². The van der Waals surface area contributed by atoms with Crippen molar-refractivity contribution in [2.45, 2.75) is 45.2 Å². The molecule has 0 bridgehead atoms. The van der Waals surface area contributed by atoms with Crippen LogP contribution in [0, 0.1) is 11.7 Å². The molecule has 4 nitrogen and oxygen atoms in total. The maximum Gasteiger partial charge on any atom is 0.419 e. The van der Waals surface area contributed by atoms with Crippen LogP contribution in [0.5, 0.6) is 0 Å². The predicted molar refractivity (Wildman–Crippen MR) is 90.5 cm³/mol.